The third-order valence-electron chi connectivity index (χ3n) is 4.79. The molecule has 0 aliphatic carbocycles. The Balaban J connectivity index is 0.00000300. The van der Waals surface area contributed by atoms with Crippen LogP contribution < -0.4 is 10.6 Å². The van der Waals surface area contributed by atoms with Crippen molar-refractivity contribution >= 4 is 41.3 Å². The second-order valence-electron chi connectivity index (χ2n) is 7.16. The van der Waals surface area contributed by atoms with E-state index in [1.54, 1.807) is 17.6 Å². The summed E-state index contributed by atoms with van der Waals surface area (Å²) in [6.07, 6.45) is 1.69. The maximum absolute atomic E-state index is 5.58. The number of halogens is 1. The molecular formula is C20H32IN5O2S. The molecule has 9 heteroatoms. The van der Waals surface area contributed by atoms with Crippen LogP contribution >= 0.6 is 35.3 Å². The molecule has 1 unspecified atom stereocenters. The lowest BCUT2D eigenvalue weighted by molar-refractivity contribution is 0.00752. The van der Waals surface area contributed by atoms with Crippen LogP contribution in [0.15, 0.2) is 33.2 Å². The van der Waals surface area contributed by atoms with Gasteiger partial charge >= 0.3 is 0 Å². The molecule has 1 atom stereocenters. The molecule has 7 nitrogen and oxygen atoms in total. The van der Waals surface area contributed by atoms with Crippen molar-refractivity contribution in [1.82, 2.24) is 20.5 Å². The highest BCUT2D eigenvalue weighted by Crippen LogP contribution is 2.23. The van der Waals surface area contributed by atoms with Crippen molar-refractivity contribution in [2.24, 2.45) is 10.9 Å². The molecule has 0 aromatic carbocycles. The highest BCUT2D eigenvalue weighted by Gasteiger charge is 2.23. The Morgan fingerprint density at radius 3 is 2.76 bits per heavy atom. The Labute approximate surface area is 194 Å². The van der Waals surface area contributed by atoms with Gasteiger partial charge in [-0.2, -0.15) is 0 Å². The molecule has 3 rings (SSSR count). The number of hydrogen-bond donors (Lipinski definition) is 2. The van der Waals surface area contributed by atoms with Gasteiger partial charge in [0.25, 0.3) is 0 Å². The van der Waals surface area contributed by atoms with Crippen molar-refractivity contribution in [2.75, 3.05) is 39.4 Å². The molecule has 2 N–H and O–H groups in total. The number of aliphatic imine (C=N–C) groups is 1. The maximum Gasteiger partial charge on any atom is 0.236 e. The van der Waals surface area contributed by atoms with Gasteiger partial charge < -0.3 is 19.8 Å². The van der Waals surface area contributed by atoms with Gasteiger partial charge in [0.05, 0.1) is 24.6 Å². The fraction of sp³-hybridized carbons (Fsp3) is 0.600. The Bertz CT molecular complexity index is 729. The number of oxazole rings is 1. The molecule has 2 aromatic heterocycles. The largest absolute Gasteiger partial charge is 0.443 e. The van der Waals surface area contributed by atoms with Crippen LogP contribution in [0.25, 0.3) is 10.8 Å². The molecule has 0 radical (unpaired) electrons. The first-order chi connectivity index (χ1) is 13.7. The summed E-state index contributed by atoms with van der Waals surface area (Å²) < 4.78 is 11.1. The van der Waals surface area contributed by atoms with Gasteiger partial charge in [0.1, 0.15) is 12.0 Å². The highest BCUT2D eigenvalue weighted by atomic mass is 127. The zero-order valence-electron chi connectivity index (χ0n) is 17.4. The van der Waals surface area contributed by atoms with E-state index < -0.39 is 0 Å². The number of rotatable bonds is 8. The van der Waals surface area contributed by atoms with Crippen molar-refractivity contribution < 1.29 is 9.15 Å². The number of thiophene rings is 1. The molecule has 0 spiro atoms. The Kier molecular flexibility index (Phi) is 10.4. The van der Waals surface area contributed by atoms with Crippen LogP contribution in [0.3, 0.4) is 0 Å². The van der Waals surface area contributed by atoms with Crippen molar-refractivity contribution in [3.05, 3.63) is 29.5 Å². The van der Waals surface area contributed by atoms with Crippen LogP contribution in [0.4, 0.5) is 0 Å². The fourth-order valence-electron chi connectivity index (χ4n) is 3.29. The summed E-state index contributed by atoms with van der Waals surface area (Å²) in [5.41, 5.74) is 0.828. The summed E-state index contributed by atoms with van der Waals surface area (Å²) in [5.74, 6) is 2.02. The van der Waals surface area contributed by atoms with Crippen LogP contribution in [0, 0.1) is 5.92 Å². The quantitative estimate of drug-likeness (QED) is 0.308. The van der Waals surface area contributed by atoms with Crippen LogP contribution in [0.5, 0.6) is 0 Å². The number of nitrogens with one attached hydrogen (secondary N) is 2. The minimum Gasteiger partial charge on any atom is -0.443 e. The van der Waals surface area contributed by atoms with E-state index in [1.807, 2.05) is 17.5 Å². The van der Waals surface area contributed by atoms with E-state index in [2.05, 4.69) is 46.3 Å². The first kappa shape index (κ1) is 24.1. The Morgan fingerprint density at radius 2 is 2.10 bits per heavy atom. The fourth-order valence-corrected chi connectivity index (χ4v) is 3.95. The number of morpholine rings is 1. The highest BCUT2D eigenvalue weighted by molar-refractivity contribution is 14.0. The molecule has 29 heavy (non-hydrogen) atoms. The topological polar surface area (TPSA) is 74.9 Å². The lowest BCUT2D eigenvalue weighted by atomic mass is 10.0. The predicted octanol–water partition coefficient (Wildman–Crippen LogP) is 3.43. The summed E-state index contributed by atoms with van der Waals surface area (Å²) in [7, 11) is 0. The van der Waals surface area contributed by atoms with Crippen LogP contribution in [0.2, 0.25) is 0 Å². The minimum atomic E-state index is 0. The van der Waals surface area contributed by atoms with Gasteiger partial charge in [-0.15, -0.1) is 35.3 Å². The van der Waals surface area contributed by atoms with Gasteiger partial charge in [0.15, 0.2) is 5.96 Å². The summed E-state index contributed by atoms with van der Waals surface area (Å²) in [6.45, 7) is 12.4. The van der Waals surface area contributed by atoms with Crippen LogP contribution in [0.1, 0.15) is 26.5 Å². The standard InChI is InChI=1S/C20H31N5O2S.HI/c1-4-21-20(23-13-17(15(2)3)25-7-9-26-10-8-25)22-12-16-14-27-19(24-16)18-6-5-11-28-18;/h5-6,11,14-15,17H,4,7-10,12-13H2,1-3H3,(H2,21,22,23);1H. The van der Waals surface area contributed by atoms with Crippen molar-refractivity contribution in [1.29, 1.82) is 0 Å². The lowest BCUT2D eigenvalue weighted by Crippen LogP contribution is -2.52. The predicted molar refractivity (Wildman–Crippen MR) is 129 cm³/mol. The van der Waals surface area contributed by atoms with E-state index in [0.717, 1.165) is 55.9 Å². The van der Waals surface area contributed by atoms with Crippen molar-refractivity contribution in [3.8, 4) is 10.8 Å². The molecule has 0 bridgehead atoms. The molecule has 1 aliphatic heterocycles. The normalized spacial score (nSPS) is 16.5. The SMILES string of the molecule is CCNC(=NCc1coc(-c2cccs2)n1)NCC(C(C)C)N1CCOCC1.I. The van der Waals surface area contributed by atoms with Gasteiger partial charge in [-0.1, -0.05) is 19.9 Å². The number of guanidine groups is 1. The first-order valence-corrected chi connectivity index (χ1v) is 10.9. The van der Waals surface area contributed by atoms with E-state index in [-0.39, 0.29) is 24.0 Å². The van der Waals surface area contributed by atoms with E-state index in [1.165, 1.54) is 0 Å². The van der Waals surface area contributed by atoms with E-state index >= 15 is 0 Å². The number of aromatic nitrogens is 1. The van der Waals surface area contributed by atoms with Crippen LogP contribution in [-0.4, -0.2) is 61.3 Å². The second-order valence-corrected chi connectivity index (χ2v) is 8.10. The summed E-state index contributed by atoms with van der Waals surface area (Å²) in [6, 6.07) is 4.45. The number of nitrogens with zero attached hydrogens (tertiary/aromatic N) is 3. The third-order valence-corrected chi connectivity index (χ3v) is 5.65. The lowest BCUT2D eigenvalue weighted by Gasteiger charge is -2.37. The summed E-state index contributed by atoms with van der Waals surface area (Å²) >= 11 is 1.62. The molecule has 0 amide bonds. The van der Waals surface area contributed by atoms with Gasteiger partial charge in [0.2, 0.25) is 5.89 Å². The second kappa shape index (κ2) is 12.5. The van der Waals surface area contributed by atoms with Gasteiger partial charge in [0, 0.05) is 32.2 Å². The summed E-state index contributed by atoms with van der Waals surface area (Å²) in [4.78, 5) is 12.8. The monoisotopic (exact) mass is 533 g/mol. The molecule has 162 valence electrons. The molecule has 1 aliphatic rings. The third kappa shape index (κ3) is 7.23. The average molecular weight is 533 g/mol. The van der Waals surface area contributed by atoms with Crippen molar-refractivity contribution in [2.45, 2.75) is 33.4 Å². The van der Waals surface area contributed by atoms with E-state index in [0.29, 0.717) is 24.4 Å². The molecule has 0 saturated carbocycles. The Hall–Kier alpha value is -1.17. The molecule has 1 saturated heterocycles. The van der Waals surface area contributed by atoms with Crippen LogP contribution in [-0.2, 0) is 11.3 Å². The number of ether oxygens (including phenoxy) is 1. The smallest absolute Gasteiger partial charge is 0.236 e. The molecule has 3 heterocycles. The first-order valence-electron chi connectivity index (χ1n) is 9.99. The Morgan fingerprint density at radius 1 is 1.31 bits per heavy atom. The maximum atomic E-state index is 5.58. The van der Waals surface area contributed by atoms with Crippen molar-refractivity contribution in [3.63, 3.8) is 0 Å². The van der Waals surface area contributed by atoms with Gasteiger partial charge in [-0.05, 0) is 24.3 Å². The zero-order chi connectivity index (χ0) is 19.8. The zero-order valence-corrected chi connectivity index (χ0v) is 20.5. The number of hydrogen-bond acceptors (Lipinski definition) is 6. The van der Waals surface area contributed by atoms with E-state index in [4.69, 9.17) is 9.15 Å². The average Bonchev–Trinajstić information content (AvgIpc) is 3.38. The van der Waals surface area contributed by atoms with E-state index in [9.17, 15) is 0 Å². The van der Waals surface area contributed by atoms with Gasteiger partial charge in [-0.3, -0.25) is 4.90 Å². The molecular weight excluding hydrogens is 501 g/mol. The van der Waals surface area contributed by atoms with Gasteiger partial charge in [-0.25, -0.2) is 9.98 Å². The molecule has 2 aromatic rings. The summed E-state index contributed by atoms with van der Waals surface area (Å²) in [5, 5.41) is 8.85. The minimum absolute atomic E-state index is 0. The molecule has 1 fully saturated rings.